The summed E-state index contributed by atoms with van der Waals surface area (Å²) in [6, 6.07) is 13.6. The van der Waals surface area contributed by atoms with E-state index in [0.29, 0.717) is 12.2 Å². The molecule has 0 radical (unpaired) electrons. The third-order valence-electron chi connectivity index (χ3n) is 2.78. The maximum atomic E-state index is 10.6. The van der Waals surface area contributed by atoms with Crippen LogP contribution in [-0.2, 0) is 11.2 Å². The van der Waals surface area contributed by atoms with Crippen LogP contribution in [0.25, 0.3) is 17.0 Å². The van der Waals surface area contributed by atoms with Crippen LogP contribution in [0.2, 0.25) is 0 Å². The number of rotatable bonds is 3. The van der Waals surface area contributed by atoms with E-state index in [1.165, 1.54) is 0 Å². The molecule has 3 rings (SSSR count). The molecular weight excluding hydrogens is 226 g/mol. The standard InChI is InChI=1S/C14H11N3O/c18-10-8-12-7-4-9-17-14(12)15-13(16-17)11-5-2-1-3-6-11/h1-7,9-10H,8H2. The lowest BCUT2D eigenvalue weighted by atomic mass is 10.2. The number of aldehydes is 1. The Hall–Kier alpha value is -2.49. The third kappa shape index (κ3) is 1.78. The molecule has 0 aliphatic rings. The van der Waals surface area contributed by atoms with E-state index in [1.54, 1.807) is 4.52 Å². The van der Waals surface area contributed by atoms with Crippen molar-refractivity contribution in [2.24, 2.45) is 0 Å². The number of carbonyl (C=O) groups is 1. The largest absolute Gasteiger partial charge is 0.303 e. The molecule has 4 nitrogen and oxygen atoms in total. The Labute approximate surface area is 104 Å². The van der Waals surface area contributed by atoms with Crippen LogP contribution in [0.5, 0.6) is 0 Å². The summed E-state index contributed by atoms with van der Waals surface area (Å²) in [6.45, 7) is 0. The quantitative estimate of drug-likeness (QED) is 0.656. The topological polar surface area (TPSA) is 47.3 Å². The zero-order valence-electron chi connectivity index (χ0n) is 9.65. The Morgan fingerprint density at radius 2 is 1.94 bits per heavy atom. The average molecular weight is 237 g/mol. The van der Waals surface area contributed by atoms with Crippen molar-refractivity contribution in [3.8, 4) is 11.4 Å². The Balaban J connectivity index is 2.17. The molecule has 3 aromatic rings. The van der Waals surface area contributed by atoms with Gasteiger partial charge < -0.3 is 4.79 Å². The van der Waals surface area contributed by atoms with E-state index in [0.717, 1.165) is 23.1 Å². The van der Waals surface area contributed by atoms with E-state index in [2.05, 4.69) is 10.1 Å². The fourth-order valence-electron chi connectivity index (χ4n) is 1.92. The van der Waals surface area contributed by atoms with Gasteiger partial charge in [-0.2, -0.15) is 0 Å². The van der Waals surface area contributed by atoms with Crippen LogP contribution < -0.4 is 0 Å². The van der Waals surface area contributed by atoms with Crippen LogP contribution in [0.15, 0.2) is 48.7 Å². The van der Waals surface area contributed by atoms with Crippen molar-refractivity contribution in [3.05, 3.63) is 54.2 Å². The van der Waals surface area contributed by atoms with E-state index in [9.17, 15) is 4.79 Å². The molecule has 1 aromatic carbocycles. The summed E-state index contributed by atoms with van der Waals surface area (Å²) in [5.41, 5.74) is 2.60. The highest BCUT2D eigenvalue weighted by Crippen LogP contribution is 2.17. The third-order valence-corrected chi connectivity index (χ3v) is 2.78. The molecule has 88 valence electrons. The lowest BCUT2D eigenvalue weighted by Gasteiger charge is -1.95. The molecule has 0 spiro atoms. The maximum absolute atomic E-state index is 10.6. The van der Waals surface area contributed by atoms with E-state index < -0.39 is 0 Å². The second-order valence-corrected chi connectivity index (χ2v) is 3.97. The van der Waals surface area contributed by atoms with Crippen LogP contribution in [0, 0.1) is 0 Å². The predicted octanol–water partition coefficient (Wildman–Crippen LogP) is 2.14. The zero-order chi connectivity index (χ0) is 12.4. The first-order valence-electron chi connectivity index (χ1n) is 5.72. The highest BCUT2D eigenvalue weighted by Gasteiger charge is 2.08. The average Bonchev–Trinajstić information content (AvgIpc) is 2.85. The van der Waals surface area contributed by atoms with Crippen LogP contribution in [0.3, 0.4) is 0 Å². The van der Waals surface area contributed by atoms with Crippen molar-refractivity contribution in [2.75, 3.05) is 0 Å². The minimum Gasteiger partial charge on any atom is -0.303 e. The fourth-order valence-corrected chi connectivity index (χ4v) is 1.92. The van der Waals surface area contributed by atoms with Crippen LogP contribution in [0.4, 0.5) is 0 Å². The van der Waals surface area contributed by atoms with Gasteiger partial charge in [-0.3, -0.25) is 0 Å². The lowest BCUT2D eigenvalue weighted by molar-refractivity contribution is -0.107. The molecule has 0 atom stereocenters. The van der Waals surface area contributed by atoms with Gasteiger partial charge in [-0.1, -0.05) is 36.4 Å². The molecule has 0 amide bonds. The van der Waals surface area contributed by atoms with Crippen molar-refractivity contribution in [1.29, 1.82) is 0 Å². The van der Waals surface area contributed by atoms with Crippen molar-refractivity contribution < 1.29 is 4.79 Å². The van der Waals surface area contributed by atoms with Crippen LogP contribution >= 0.6 is 0 Å². The van der Waals surface area contributed by atoms with Gasteiger partial charge in [-0.25, -0.2) is 9.50 Å². The number of aromatic nitrogens is 3. The first kappa shape index (κ1) is 10.7. The minimum atomic E-state index is 0.358. The maximum Gasteiger partial charge on any atom is 0.182 e. The van der Waals surface area contributed by atoms with E-state index in [4.69, 9.17) is 0 Å². The second-order valence-electron chi connectivity index (χ2n) is 3.97. The fraction of sp³-hybridized carbons (Fsp3) is 0.0714. The molecule has 0 aliphatic carbocycles. The van der Waals surface area contributed by atoms with Crippen molar-refractivity contribution in [2.45, 2.75) is 6.42 Å². The van der Waals surface area contributed by atoms with Gasteiger partial charge >= 0.3 is 0 Å². The SMILES string of the molecule is O=CCc1cccn2nc(-c3ccccc3)nc12. The first-order chi connectivity index (χ1) is 8.88. The van der Waals surface area contributed by atoms with Gasteiger partial charge in [0.1, 0.15) is 6.29 Å². The number of nitrogens with zero attached hydrogens (tertiary/aromatic N) is 3. The Bertz CT molecular complexity index is 689. The lowest BCUT2D eigenvalue weighted by Crippen LogP contribution is -1.93. The summed E-state index contributed by atoms with van der Waals surface area (Å²) >= 11 is 0. The Morgan fingerprint density at radius 3 is 2.72 bits per heavy atom. The van der Waals surface area contributed by atoms with Gasteiger partial charge in [-0.05, 0) is 6.07 Å². The Kier molecular flexibility index (Phi) is 2.61. The summed E-state index contributed by atoms with van der Waals surface area (Å²) < 4.78 is 1.71. The van der Waals surface area contributed by atoms with Gasteiger partial charge in [0.15, 0.2) is 11.5 Å². The molecule has 0 bridgehead atoms. The highest BCUT2D eigenvalue weighted by atomic mass is 16.1. The van der Waals surface area contributed by atoms with Crippen molar-refractivity contribution in [1.82, 2.24) is 14.6 Å². The number of hydrogen-bond acceptors (Lipinski definition) is 3. The van der Waals surface area contributed by atoms with Crippen molar-refractivity contribution in [3.63, 3.8) is 0 Å². The van der Waals surface area contributed by atoms with Crippen molar-refractivity contribution >= 4 is 11.9 Å². The number of benzene rings is 1. The summed E-state index contributed by atoms with van der Waals surface area (Å²) in [5.74, 6) is 0.675. The number of pyridine rings is 1. The van der Waals surface area contributed by atoms with Gasteiger partial charge in [0.25, 0.3) is 0 Å². The smallest absolute Gasteiger partial charge is 0.182 e. The summed E-state index contributed by atoms with van der Waals surface area (Å²) in [5, 5.41) is 4.42. The summed E-state index contributed by atoms with van der Waals surface area (Å²) in [4.78, 5) is 15.1. The monoisotopic (exact) mass is 237 g/mol. The molecule has 2 heterocycles. The van der Waals surface area contributed by atoms with Gasteiger partial charge in [0.05, 0.1) is 0 Å². The zero-order valence-corrected chi connectivity index (χ0v) is 9.65. The molecule has 0 N–H and O–H groups in total. The van der Waals surface area contributed by atoms with Gasteiger partial charge in [0.2, 0.25) is 0 Å². The second kappa shape index (κ2) is 4.41. The van der Waals surface area contributed by atoms with Gasteiger partial charge in [0, 0.05) is 23.7 Å². The first-order valence-corrected chi connectivity index (χ1v) is 5.72. The molecule has 0 saturated heterocycles. The minimum absolute atomic E-state index is 0.358. The normalized spacial score (nSPS) is 10.7. The van der Waals surface area contributed by atoms with E-state index in [1.807, 2.05) is 48.7 Å². The molecule has 0 aliphatic heterocycles. The molecule has 18 heavy (non-hydrogen) atoms. The van der Waals surface area contributed by atoms with E-state index in [-0.39, 0.29) is 0 Å². The number of carbonyl (C=O) groups excluding carboxylic acids is 1. The number of fused-ring (bicyclic) bond motifs is 1. The Morgan fingerprint density at radius 1 is 1.11 bits per heavy atom. The molecule has 0 saturated carbocycles. The molecule has 2 aromatic heterocycles. The van der Waals surface area contributed by atoms with Gasteiger partial charge in [-0.15, -0.1) is 5.10 Å². The van der Waals surface area contributed by atoms with Crippen LogP contribution in [0.1, 0.15) is 5.56 Å². The predicted molar refractivity (Wildman–Crippen MR) is 68.2 cm³/mol. The summed E-state index contributed by atoms with van der Waals surface area (Å²) in [7, 11) is 0. The molecule has 0 unspecified atom stereocenters. The highest BCUT2D eigenvalue weighted by molar-refractivity contribution is 5.64. The number of hydrogen-bond donors (Lipinski definition) is 0. The van der Waals surface area contributed by atoms with Crippen LogP contribution in [-0.4, -0.2) is 20.9 Å². The molecule has 0 fully saturated rings. The van der Waals surface area contributed by atoms with E-state index >= 15 is 0 Å². The molecule has 4 heteroatoms. The summed E-state index contributed by atoms with van der Waals surface area (Å²) in [6.07, 6.45) is 3.08. The molecular formula is C14H11N3O.